The molecule has 2 aromatic heterocycles. The maximum atomic E-state index is 13.0. The van der Waals surface area contributed by atoms with Crippen LogP contribution in [0.1, 0.15) is 57.7 Å². The largest absolute Gasteiger partial charge is 0.458 e. The van der Waals surface area contributed by atoms with Gasteiger partial charge in [0.05, 0.1) is 18.3 Å². The van der Waals surface area contributed by atoms with Crippen LogP contribution in [0.2, 0.25) is 5.02 Å². The Labute approximate surface area is 182 Å². The van der Waals surface area contributed by atoms with E-state index in [1.165, 1.54) is 17.3 Å². The molecular weight excluding hydrogens is 424 g/mol. The molecular formula is C22H21ClN2O4S. The van der Waals surface area contributed by atoms with E-state index in [1.54, 1.807) is 31.2 Å². The van der Waals surface area contributed by atoms with Crippen LogP contribution >= 0.6 is 22.9 Å². The van der Waals surface area contributed by atoms with Gasteiger partial charge in [0.2, 0.25) is 0 Å². The van der Waals surface area contributed by atoms with E-state index in [9.17, 15) is 14.4 Å². The van der Waals surface area contributed by atoms with Crippen LogP contribution < -0.4 is 5.56 Å². The lowest BCUT2D eigenvalue weighted by Gasteiger charge is -2.21. The van der Waals surface area contributed by atoms with E-state index in [-0.39, 0.29) is 24.0 Å². The molecule has 0 atom stereocenters. The summed E-state index contributed by atoms with van der Waals surface area (Å²) < 4.78 is 6.93. The summed E-state index contributed by atoms with van der Waals surface area (Å²) in [6.07, 6.45) is 6.37. The highest BCUT2D eigenvalue weighted by atomic mass is 35.5. The molecule has 6 nitrogen and oxygen atoms in total. The zero-order valence-electron chi connectivity index (χ0n) is 16.5. The Balaban J connectivity index is 1.60. The molecule has 1 aliphatic rings. The number of thiophene rings is 1. The van der Waals surface area contributed by atoms with Crippen LogP contribution in [0.15, 0.2) is 35.4 Å². The number of ketones is 1. The van der Waals surface area contributed by atoms with Crippen molar-refractivity contribution in [1.29, 1.82) is 0 Å². The Morgan fingerprint density at radius 1 is 1.20 bits per heavy atom. The zero-order valence-corrected chi connectivity index (χ0v) is 18.1. The van der Waals surface area contributed by atoms with Crippen LogP contribution in [0.25, 0.3) is 10.2 Å². The second kappa shape index (κ2) is 8.70. The summed E-state index contributed by atoms with van der Waals surface area (Å²) >= 11 is 7.02. The van der Waals surface area contributed by atoms with Gasteiger partial charge < -0.3 is 4.74 Å². The highest BCUT2D eigenvalue weighted by molar-refractivity contribution is 7.20. The van der Waals surface area contributed by atoms with Crippen LogP contribution in [-0.2, 0) is 11.3 Å². The second-order valence-corrected chi connectivity index (χ2v) is 8.94. The van der Waals surface area contributed by atoms with Crippen molar-refractivity contribution in [2.75, 3.05) is 0 Å². The third-order valence-electron chi connectivity index (χ3n) is 5.41. The Bertz CT molecular complexity index is 1160. The fraction of sp³-hybridized carbons (Fsp3) is 0.364. The first-order valence-electron chi connectivity index (χ1n) is 9.92. The second-order valence-electron chi connectivity index (χ2n) is 7.51. The number of aromatic nitrogens is 2. The molecule has 1 aliphatic carbocycles. The van der Waals surface area contributed by atoms with Gasteiger partial charge in [0, 0.05) is 10.6 Å². The number of benzene rings is 1. The highest BCUT2D eigenvalue weighted by Gasteiger charge is 2.24. The van der Waals surface area contributed by atoms with Crippen molar-refractivity contribution < 1.29 is 14.3 Å². The molecule has 0 unspecified atom stereocenters. The number of carbonyl (C=O) groups excluding carboxylic acids is 2. The Morgan fingerprint density at radius 3 is 2.60 bits per heavy atom. The predicted molar refractivity (Wildman–Crippen MR) is 117 cm³/mol. The number of hydrogen-bond donors (Lipinski definition) is 0. The van der Waals surface area contributed by atoms with Gasteiger partial charge in [-0.15, -0.1) is 11.3 Å². The minimum absolute atomic E-state index is 0.0579. The van der Waals surface area contributed by atoms with Crippen LogP contribution in [0.4, 0.5) is 0 Å². The molecule has 1 saturated carbocycles. The minimum Gasteiger partial charge on any atom is -0.458 e. The van der Waals surface area contributed by atoms with E-state index in [4.69, 9.17) is 16.3 Å². The van der Waals surface area contributed by atoms with Crippen molar-refractivity contribution in [2.45, 2.75) is 51.7 Å². The number of ether oxygens (including phenoxy) is 1. The topological polar surface area (TPSA) is 78.3 Å². The smallest absolute Gasteiger partial charge is 0.348 e. The van der Waals surface area contributed by atoms with E-state index in [2.05, 4.69) is 4.98 Å². The van der Waals surface area contributed by atoms with Crippen LogP contribution in [-0.4, -0.2) is 27.4 Å². The summed E-state index contributed by atoms with van der Waals surface area (Å²) in [5, 5.41) is 0.898. The Hall–Kier alpha value is -2.51. The monoisotopic (exact) mass is 444 g/mol. The van der Waals surface area contributed by atoms with Gasteiger partial charge in [-0.25, -0.2) is 9.78 Å². The molecule has 0 saturated heterocycles. The molecule has 0 bridgehead atoms. The fourth-order valence-electron chi connectivity index (χ4n) is 3.74. The number of carbonyl (C=O) groups is 2. The first-order valence-corrected chi connectivity index (χ1v) is 11.1. The van der Waals surface area contributed by atoms with Gasteiger partial charge in [-0.05, 0) is 62.4 Å². The predicted octanol–water partition coefficient (Wildman–Crippen LogP) is 4.79. The molecule has 1 fully saturated rings. The SMILES string of the molecule is Cc1c(C(=O)OC2CCCCC2)sc2ncn(CC(=O)c3ccc(Cl)cc3)c(=O)c12. The van der Waals surface area contributed by atoms with Gasteiger partial charge in [0.15, 0.2) is 5.78 Å². The zero-order chi connectivity index (χ0) is 21.3. The fourth-order valence-corrected chi connectivity index (χ4v) is 4.88. The van der Waals surface area contributed by atoms with E-state index >= 15 is 0 Å². The molecule has 3 aromatic rings. The maximum Gasteiger partial charge on any atom is 0.348 e. The quantitative estimate of drug-likeness (QED) is 0.417. The lowest BCUT2D eigenvalue weighted by atomic mass is 9.98. The van der Waals surface area contributed by atoms with Crippen molar-refractivity contribution >= 4 is 44.9 Å². The number of Topliss-reactive ketones (excluding diaryl/α,β-unsaturated/α-hetero) is 1. The normalized spacial score (nSPS) is 14.7. The van der Waals surface area contributed by atoms with Gasteiger partial charge in [-0.1, -0.05) is 18.0 Å². The van der Waals surface area contributed by atoms with Crippen LogP contribution in [0.5, 0.6) is 0 Å². The van der Waals surface area contributed by atoms with Crippen molar-refractivity contribution in [1.82, 2.24) is 9.55 Å². The van der Waals surface area contributed by atoms with Crippen molar-refractivity contribution in [2.24, 2.45) is 0 Å². The lowest BCUT2D eigenvalue weighted by molar-refractivity contribution is 0.0216. The summed E-state index contributed by atoms with van der Waals surface area (Å²) in [5.74, 6) is -0.620. The molecule has 1 aromatic carbocycles. The van der Waals surface area contributed by atoms with E-state index in [0.717, 1.165) is 37.0 Å². The highest BCUT2D eigenvalue weighted by Crippen LogP contribution is 2.29. The van der Waals surface area contributed by atoms with E-state index < -0.39 is 5.97 Å². The number of fused-ring (bicyclic) bond motifs is 1. The maximum absolute atomic E-state index is 13.0. The molecule has 8 heteroatoms. The molecule has 0 amide bonds. The minimum atomic E-state index is -0.398. The molecule has 30 heavy (non-hydrogen) atoms. The van der Waals surface area contributed by atoms with Gasteiger partial charge in [0.25, 0.3) is 5.56 Å². The molecule has 2 heterocycles. The number of rotatable bonds is 5. The first kappa shape index (κ1) is 20.8. The van der Waals surface area contributed by atoms with Crippen LogP contribution in [0, 0.1) is 6.92 Å². The third-order valence-corrected chi connectivity index (χ3v) is 6.84. The average molecular weight is 445 g/mol. The van der Waals surface area contributed by atoms with Gasteiger partial charge in [-0.2, -0.15) is 0 Å². The summed E-state index contributed by atoms with van der Waals surface area (Å²) in [6, 6.07) is 6.51. The van der Waals surface area contributed by atoms with E-state index in [0.29, 0.717) is 31.2 Å². The van der Waals surface area contributed by atoms with Gasteiger partial charge in [0.1, 0.15) is 15.8 Å². The average Bonchev–Trinajstić information content (AvgIpc) is 3.08. The molecule has 0 radical (unpaired) electrons. The molecule has 156 valence electrons. The molecule has 0 aliphatic heterocycles. The van der Waals surface area contributed by atoms with Crippen molar-refractivity contribution in [3.63, 3.8) is 0 Å². The Morgan fingerprint density at radius 2 is 1.90 bits per heavy atom. The molecule has 4 rings (SSSR count). The lowest BCUT2D eigenvalue weighted by Crippen LogP contribution is -2.24. The molecule has 0 spiro atoms. The summed E-state index contributed by atoms with van der Waals surface area (Å²) in [7, 11) is 0. The Kier molecular flexibility index (Phi) is 6.01. The summed E-state index contributed by atoms with van der Waals surface area (Å²) in [5.41, 5.74) is 0.680. The van der Waals surface area contributed by atoms with Gasteiger partial charge >= 0.3 is 5.97 Å². The number of esters is 1. The standard InChI is InChI=1S/C22H21ClN2O4S/c1-13-18-20(30-19(13)22(28)29-16-5-3-2-4-6-16)24-12-25(21(18)27)11-17(26)14-7-9-15(23)10-8-14/h7-10,12,16H,2-6,11H2,1H3. The van der Waals surface area contributed by atoms with Crippen molar-refractivity contribution in [3.05, 3.63) is 62.0 Å². The summed E-state index contributed by atoms with van der Waals surface area (Å²) in [6.45, 7) is 1.59. The number of halogens is 1. The van der Waals surface area contributed by atoms with Crippen LogP contribution in [0.3, 0.4) is 0 Å². The molecule has 0 N–H and O–H groups in total. The van der Waals surface area contributed by atoms with E-state index in [1.807, 2.05) is 0 Å². The number of hydrogen-bond acceptors (Lipinski definition) is 6. The van der Waals surface area contributed by atoms with Crippen molar-refractivity contribution in [3.8, 4) is 0 Å². The number of nitrogens with zero attached hydrogens (tertiary/aromatic N) is 2. The number of aryl methyl sites for hydroxylation is 1. The van der Waals surface area contributed by atoms with Gasteiger partial charge in [-0.3, -0.25) is 14.2 Å². The summed E-state index contributed by atoms with van der Waals surface area (Å²) in [4.78, 5) is 43.4. The third kappa shape index (κ3) is 4.18. The first-order chi connectivity index (χ1) is 14.4.